The number of amides is 1. The second-order valence-corrected chi connectivity index (χ2v) is 8.68. The summed E-state index contributed by atoms with van der Waals surface area (Å²) in [6.45, 7) is 0. The predicted octanol–water partition coefficient (Wildman–Crippen LogP) is 5.08. The number of rotatable bonds is 4. The first kappa shape index (κ1) is 19.7. The van der Waals surface area contributed by atoms with Gasteiger partial charge in [-0.3, -0.25) is 14.7 Å². The van der Waals surface area contributed by atoms with Gasteiger partial charge >= 0.3 is 0 Å². The van der Waals surface area contributed by atoms with Gasteiger partial charge in [0.1, 0.15) is 0 Å². The van der Waals surface area contributed by atoms with E-state index in [2.05, 4.69) is 34.1 Å². The molecule has 1 aromatic carbocycles. The van der Waals surface area contributed by atoms with E-state index in [0.29, 0.717) is 0 Å². The molecule has 150 valence electrons. The zero-order chi connectivity index (χ0) is 20.2. The molecule has 1 saturated carbocycles. The van der Waals surface area contributed by atoms with Gasteiger partial charge in [0.05, 0.1) is 16.8 Å². The molecule has 2 heterocycles. The van der Waals surface area contributed by atoms with Crippen molar-refractivity contribution in [3.05, 3.63) is 59.3 Å². The Morgan fingerprint density at radius 2 is 1.90 bits per heavy atom. The SMILES string of the molecule is CN(C)c1ccc(/C=C2\SC(=Nc3cccnc3)N(C3CCCCC3)C2=O)cc1. The van der Waals surface area contributed by atoms with E-state index in [-0.39, 0.29) is 11.9 Å². The number of anilines is 1. The number of carbonyl (C=O) groups is 1. The van der Waals surface area contributed by atoms with Gasteiger partial charge < -0.3 is 4.90 Å². The standard InChI is InChI=1S/C23H26N4OS/c1-26(2)19-12-10-17(11-13-19)15-21-22(28)27(20-8-4-3-5-9-20)23(29-21)25-18-7-6-14-24-16-18/h6-7,10-16,20H,3-5,8-9H2,1-2H3/b21-15-,25-23?. The van der Waals surface area contributed by atoms with Crippen molar-refractivity contribution in [2.45, 2.75) is 38.1 Å². The first-order valence-corrected chi connectivity index (χ1v) is 10.9. The number of thioether (sulfide) groups is 1. The minimum Gasteiger partial charge on any atom is -0.378 e. The van der Waals surface area contributed by atoms with Gasteiger partial charge in [0.15, 0.2) is 5.17 Å². The lowest BCUT2D eigenvalue weighted by Crippen LogP contribution is -2.40. The molecule has 1 aliphatic heterocycles. The maximum absolute atomic E-state index is 13.3. The molecule has 1 aliphatic carbocycles. The number of amidine groups is 1. The Hall–Kier alpha value is -2.60. The summed E-state index contributed by atoms with van der Waals surface area (Å²) < 4.78 is 0. The van der Waals surface area contributed by atoms with Gasteiger partial charge in [-0.2, -0.15) is 0 Å². The van der Waals surface area contributed by atoms with E-state index in [0.717, 1.165) is 39.9 Å². The lowest BCUT2D eigenvalue weighted by molar-refractivity contribution is -0.124. The van der Waals surface area contributed by atoms with Crippen LogP contribution in [0.25, 0.3) is 6.08 Å². The highest BCUT2D eigenvalue weighted by Gasteiger charge is 2.38. The summed E-state index contributed by atoms with van der Waals surface area (Å²) in [7, 11) is 4.04. The molecule has 6 heteroatoms. The van der Waals surface area contributed by atoms with Crippen molar-refractivity contribution in [3.63, 3.8) is 0 Å². The second-order valence-electron chi connectivity index (χ2n) is 7.67. The molecule has 1 amide bonds. The van der Waals surface area contributed by atoms with Crippen molar-refractivity contribution in [1.29, 1.82) is 0 Å². The molecule has 5 nitrogen and oxygen atoms in total. The number of nitrogens with zero attached hydrogens (tertiary/aromatic N) is 4. The highest BCUT2D eigenvalue weighted by Crippen LogP contribution is 2.38. The van der Waals surface area contributed by atoms with Crippen LogP contribution in [0.5, 0.6) is 0 Å². The number of aromatic nitrogens is 1. The van der Waals surface area contributed by atoms with Crippen LogP contribution >= 0.6 is 11.8 Å². The average molecular weight is 407 g/mol. The number of hydrogen-bond donors (Lipinski definition) is 0. The van der Waals surface area contributed by atoms with Crippen LogP contribution in [-0.4, -0.2) is 41.1 Å². The van der Waals surface area contributed by atoms with Crippen LogP contribution in [0.3, 0.4) is 0 Å². The normalized spacial score (nSPS) is 20.6. The summed E-state index contributed by atoms with van der Waals surface area (Å²) in [5.41, 5.74) is 2.94. The van der Waals surface area contributed by atoms with Crippen LogP contribution in [0.2, 0.25) is 0 Å². The second kappa shape index (κ2) is 8.82. The zero-order valence-electron chi connectivity index (χ0n) is 16.9. The fourth-order valence-electron chi connectivity index (χ4n) is 3.78. The molecule has 0 radical (unpaired) electrons. The maximum atomic E-state index is 13.3. The van der Waals surface area contributed by atoms with Gasteiger partial charge in [0.2, 0.25) is 0 Å². The van der Waals surface area contributed by atoms with Crippen molar-refractivity contribution in [3.8, 4) is 0 Å². The first-order chi connectivity index (χ1) is 14.1. The van der Waals surface area contributed by atoms with Gasteiger partial charge in [-0.05, 0) is 60.5 Å². The topological polar surface area (TPSA) is 48.8 Å². The van der Waals surface area contributed by atoms with Gasteiger partial charge in [-0.25, -0.2) is 4.99 Å². The minimum atomic E-state index is 0.0706. The van der Waals surface area contributed by atoms with E-state index >= 15 is 0 Å². The molecule has 0 N–H and O–H groups in total. The van der Waals surface area contributed by atoms with E-state index in [1.54, 1.807) is 12.4 Å². The number of aliphatic imine (C=N–C) groups is 1. The average Bonchev–Trinajstić information content (AvgIpc) is 3.04. The summed E-state index contributed by atoms with van der Waals surface area (Å²) in [5.74, 6) is 0.0706. The van der Waals surface area contributed by atoms with Crippen molar-refractivity contribution in [2.75, 3.05) is 19.0 Å². The Balaban J connectivity index is 1.65. The van der Waals surface area contributed by atoms with Gasteiger partial charge in [-0.1, -0.05) is 31.4 Å². The minimum absolute atomic E-state index is 0.0706. The highest BCUT2D eigenvalue weighted by molar-refractivity contribution is 8.18. The quantitative estimate of drug-likeness (QED) is 0.664. The lowest BCUT2D eigenvalue weighted by Gasteiger charge is -2.30. The van der Waals surface area contributed by atoms with E-state index in [1.807, 2.05) is 37.2 Å². The Morgan fingerprint density at radius 3 is 2.55 bits per heavy atom. The molecule has 2 aliphatic rings. The van der Waals surface area contributed by atoms with Crippen LogP contribution in [0.4, 0.5) is 11.4 Å². The van der Waals surface area contributed by atoms with Crippen LogP contribution in [0.1, 0.15) is 37.7 Å². The maximum Gasteiger partial charge on any atom is 0.267 e. The Kier molecular flexibility index (Phi) is 6.00. The third-order valence-electron chi connectivity index (χ3n) is 5.35. The summed E-state index contributed by atoms with van der Waals surface area (Å²) >= 11 is 1.47. The molecule has 0 spiro atoms. The van der Waals surface area contributed by atoms with Gasteiger partial charge in [0, 0.05) is 32.0 Å². The van der Waals surface area contributed by atoms with Crippen LogP contribution in [0.15, 0.2) is 58.7 Å². The van der Waals surface area contributed by atoms with E-state index in [9.17, 15) is 4.79 Å². The molecule has 0 atom stereocenters. The van der Waals surface area contributed by atoms with Gasteiger partial charge in [-0.15, -0.1) is 0 Å². The molecule has 0 bridgehead atoms. The number of carbonyl (C=O) groups excluding carboxylic acids is 1. The summed E-state index contributed by atoms with van der Waals surface area (Å²) in [6.07, 6.45) is 11.1. The Bertz CT molecular complexity index is 916. The number of hydrogen-bond acceptors (Lipinski definition) is 5. The van der Waals surface area contributed by atoms with Crippen molar-refractivity contribution in [2.24, 2.45) is 4.99 Å². The molecule has 0 unspecified atom stereocenters. The van der Waals surface area contributed by atoms with E-state index in [1.165, 1.54) is 31.0 Å². The predicted molar refractivity (Wildman–Crippen MR) is 121 cm³/mol. The molecular formula is C23H26N4OS. The van der Waals surface area contributed by atoms with E-state index < -0.39 is 0 Å². The van der Waals surface area contributed by atoms with Crippen molar-refractivity contribution < 1.29 is 4.79 Å². The highest BCUT2D eigenvalue weighted by atomic mass is 32.2. The van der Waals surface area contributed by atoms with Gasteiger partial charge in [0.25, 0.3) is 5.91 Å². The molecular weight excluding hydrogens is 380 g/mol. The van der Waals surface area contributed by atoms with Crippen LogP contribution in [-0.2, 0) is 4.79 Å². The Labute approximate surface area is 176 Å². The third kappa shape index (κ3) is 4.53. The first-order valence-electron chi connectivity index (χ1n) is 10.1. The zero-order valence-corrected chi connectivity index (χ0v) is 17.7. The fraction of sp³-hybridized carbons (Fsp3) is 0.348. The fourth-order valence-corrected chi connectivity index (χ4v) is 4.84. The smallest absolute Gasteiger partial charge is 0.267 e. The monoisotopic (exact) mass is 406 g/mol. The molecule has 29 heavy (non-hydrogen) atoms. The van der Waals surface area contributed by atoms with Crippen molar-refractivity contribution in [1.82, 2.24) is 9.88 Å². The molecule has 1 aromatic heterocycles. The van der Waals surface area contributed by atoms with Crippen molar-refractivity contribution >= 4 is 40.3 Å². The summed E-state index contributed by atoms with van der Waals surface area (Å²) in [6, 6.07) is 12.3. The largest absolute Gasteiger partial charge is 0.378 e. The number of benzene rings is 1. The van der Waals surface area contributed by atoms with Crippen LogP contribution < -0.4 is 4.90 Å². The molecule has 1 saturated heterocycles. The summed E-state index contributed by atoms with van der Waals surface area (Å²) in [5, 5.41) is 0.770. The summed E-state index contributed by atoms with van der Waals surface area (Å²) in [4.78, 5) is 27.0. The molecule has 4 rings (SSSR count). The third-order valence-corrected chi connectivity index (χ3v) is 6.34. The molecule has 2 aromatic rings. The molecule has 2 fully saturated rings. The Morgan fingerprint density at radius 1 is 1.14 bits per heavy atom. The lowest BCUT2D eigenvalue weighted by atomic mass is 9.94. The number of pyridine rings is 1. The van der Waals surface area contributed by atoms with Crippen LogP contribution in [0, 0.1) is 0 Å². The van der Waals surface area contributed by atoms with E-state index in [4.69, 9.17) is 4.99 Å².